The van der Waals surface area contributed by atoms with Crippen LogP contribution in [0, 0.1) is 13.8 Å². The van der Waals surface area contributed by atoms with E-state index >= 15 is 0 Å². The van der Waals surface area contributed by atoms with Crippen molar-refractivity contribution in [1.82, 2.24) is 9.80 Å². The first-order valence-corrected chi connectivity index (χ1v) is 12.4. The molecular weight excluding hydrogens is 492 g/mol. The molecule has 1 unspecified atom stereocenters. The summed E-state index contributed by atoms with van der Waals surface area (Å²) < 4.78 is 28.8. The van der Waals surface area contributed by atoms with Crippen molar-refractivity contribution in [2.75, 3.05) is 49.2 Å². The number of carbonyl (C=O) groups is 1. The van der Waals surface area contributed by atoms with Gasteiger partial charge in [-0.05, 0) is 27.0 Å². The highest BCUT2D eigenvalue weighted by Gasteiger charge is 2.53. The number of likely N-dealkylation sites (N-methyl/N-ethyl adjacent to an activating group) is 1. The molecule has 1 amide bonds. The molecule has 3 atom stereocenters. The summed E-state index contributed by atoms with van der Waals surface area (Å²) >= 11 is 0. The summed E-state index contributed by atoms with van der Waals surface area (Å²) in [6.45, 7) is 3.26. The van der Waals surface area contributed by atoms with E-state index in [1.807, 2.05) is 18.9 Å². The van der Waals surface area contributed by atoms with Gasteiger partial charge in [0.05, 0.1) is 60.3 Å². The second kappa shape index (κ2) is 9.28. The number of hydrogen-bond donors (Lipinski definition) is 2. The van der Waals surface area contributed by atoms with E-state index in [1.54, 1.807) is 39.2 Å². The minimum atomic E-state index is -0.798. The van der Waals surface area contributed by atoms with Crippen LogP contribution in [0.25, 0.3) is 6.08 Å². The molecular formula is C28H34N2O8. The van der Waals surface area contributed by atoms with Gasteiger partial charge in [0.1, 0.15) is 11.5 Å². The van der Waals surface area contributed by atoms with Gasteiger partial charge in [-0.1, -0.05) is 0 Å². The van der Waals surface area contributed by atoms with Crippen molar-refractivity contribution < 1.29 is 38.7 Å². The van der Waals surface area contributed by atoms with Gasteiger partial charge in [-0.2, -0.15) is 0 Å². The number of carbonyl (C=O) groups excluding carboxylic acids is 1. The van der Waals surface area contributed by atoms with Gasteiger partial charge in [0, 0.05) is 45.5 Å². The van der Waals surface area contributed by atoms with Gasteiger partial charge in [-0.15, -0.1) is 0 Å². The van der Waals surface area contributed by atoms with Gasteiger partial charge < -0.3 is 38.8 Å². The Kier molecular flexibility index (Phi) is 6.35. The van der Waals surface area contributed by atoms with Gasteiger partial charge >= 0.3 is 0 Å². The maximum Gasteiger partial charge on any atom is 0.245 e. The summed E-state index contributed by atoms with van der Waals surface area (Å²) in [7, 11) is 9.68. The molecule has 3 aliphatic rings. The maximum absolute atomic E-state index is 14.1. The molecule has 3 aliphatic heterocycles. The molecule has 1 fully saturated rings. The van der Waals surface area contributed by atoms with Gasteiger partial charge in [-0.25, -0.2) is 0 Å². The third kappa shape index (κ3) is 3.16. The van der Waals surface area contributed by atoms with Crippen molar-refractivity contribution in [2.24, 2.45) is 0 Å². The lowest BCUT2D eigenvalue weighted by atomic mass is 9.77. The number of phenols is 1. The van der Waals surface area contributed by atoms with Gasteiger partial charge in [-0.3, -0.25) is 9.69 Å². The lowest BCUT2D eigenvalue weighted by Crippen LogP contribution is -2.60. The molecule has 0 aliphatic carbocycles. The molecule has 204 valence electrons. The number of ether oxygens (including phenoxy) is 5. The Morgan fingerprint density at radius 3 is 1.97 bits per heavy atom. The fourth-order valence-corrected chi connectivity index (χ4v) is 6.57. The second-order valence-corrected chi connectivity index (χ2v) is 9.75. The van der Waals surface area contributed by atoms with E-state index in [1.165, 1.54) is 14.2 Å². The number of aliphatic hydroxyl groups is 1. The number of phenolic OH excluding ortho intramolecular Hbond substituents is 1. The molecule has 1 saturated heterocycles. The van der Waals surface area contributed by atoms with Crippen molar-refractivity contribution in [3.63, 3.8) is 0 Å². The molecule has 38 heavy (non-hydrogen) atoms. The summed E-state index contributed by atoms with van der Waals surface area (Å²) in [6.07, 6.45) is 2.19. The monoisotopic (exact) mass is 526 g/mol. The van der Waals surface area contributed by atoms with E-state index in [0.717, 1.165) is 16.7 Å². The molecule has 0 aromatic heterocycles. The Hall–Kier alpha value is -3.63. The lowest BCUT2D eigenvalue weighted by Gasteiger charge is -2.53. The van der Waals surface area contributed by atoms with E-state index in [4.69, 9.17) is 23.7 Å². The fraction of sp³-hybridized carbons (Fsp3) is 0.464. The highest BCUT2D eigenvalue weighted by Crippen LogP contribution is 2.58. The van der Waals surface area contributed by atoms with E-state index in [-0.39, 0.29) is 18.3 Å². The first kappa shape index (κ1) is 26.0. The number of piperazine rings is 1. The van der Waals surface area contributed by atoms with Crippen LogP contribution in [0.15, 0.2) is 5.70 Å². The molecule has 5 rings (SSSR count). The van der Waals surface area contributed by atoms with Crippen molar-refractivity contribution in [2.45, 2.75) is 38.4 Å². The van der Waals surface area contributed by atoms with E-state index in [0.29, 0.717) is 57.6 Å². The van der Waals surface area contributed by atoms with Gasteiger partial charge in [0.2, 0.25) is 5.91 Å². The number of benzene rings is 2. The van der Waals surface area contributed by atoms with Crippen LogP contribution in [-0.4, -0.2) is 81.2 Å². The fourth-order valence-electron chi connectivity index (χ4n) is 6.57. The predicted molar refractivity (Wildman–Crippen MR) is 139 cm³/mol. The molecule has 2 bridgehead atoms. The molecule has 10 nitrogen and oxygen atoms in total. The molecule has 2 aromatic rings. The Bertz CT molecular complexity index is 1370. The molecule has 2 aromatic carbocycles. The smallest absolute Gasteiger partial charge is 0.245 e. The van der Waals surface area contributed by atoms with Crippen LogP contribution < -0.4 is 23.7 Å². The topological polar surface area (TPSA) is 110 Å². The molecule has 0 spiro atoms. The highest BCUT2D eigenvalue weighted by atomic mass is 16.5. The Morgan fingerprint density at radius 2 is 1.42 bits per heavy atom. The largest absolute Gasteiger partial charge is 0.507 e. The van der Waals surface area contributed by atoms with Crippen molar-refractivity contribution in [1.29, 1.82) is 0 Å². The molecule has 10 heteroatoms. The first-order chi connectivity index (χ1) is 18.2. The van der Waals surface area contributed by atoms with E-state index < -0.39 is 18.1 Å². The SMILES string of the molecule is COc1c(C)c(OC)c(OC)c2c1C[C@H]1C(=O)N3C(=Cc4c(O)c(C)c(OC)c(OC)c4[C@@H]3CO)C2N1C. The number of methoxy groups -OCH3 is 5. The normalized spacial score (nSPS) is 21.7. The Balaban J connectivity index is 1.89. The maximum atomic E-state index is 14.1. The number of fused-ring (bicyclic) bond motifs is 7. The summed E-state index contributed by atoms with van der Waals surface area (Å²) in [6, 6.07) is -1.76. The zero-order valence-corrected chi connectivity index (χ0v) is 23.0. The van der Waals surface area contributed by atoms with Crippen molar-refractivity contribution >= 4 is 12.0 Å². The zero-order chi connectivity index (χ0) is 27.6. The molecule has 0 saturated carbocycles. The van der Waals surface area contributed by atoms with E-state index in [2.05, 4.69) is 0 Å². The molecule has 0 radical (unpaired) electrons. The average molecular weight is 527 g/mol. The van der Waals surface area contributed by atoms with Crippen LogP contribution in [-0.2, 0) is 11.2 Å². The van der Waals surface area contributed by atoms with Crippen molar-refractivity contribution in [3.8, 4) is 34.5 Å². The number of aromatic hydroxyl groups is 1. The number of aliphatic hydroxyl groups excluding tert-OH is 1. The van der Waals surface area contributed by atoms with Crippen LogP contribution in [0.5, 0.6) is 34.5 Å². The summed E-state index contributed by atoms with van der Waals surface area (Å²) in [5.41, 5.74) is 4.57. The lowest BCUT2D eigenvalue weighted by molar-refractivity contribution is -0.144. The van der Waals surface area contributed by atoms with Crippen LogP contribution in [0.4, 0.5) is 0 Å². The van der Waals surface area contributed by atoms with Crippen LogP contribution >= 0.6 is 0 Å². The highest BCUT2D eigenvalue weighted by molar-refractivity contribution is 5.91. The number of rotatable bonds is 6. The third-order valence-electron chi connectivity index (χ3n) is 8.20. The third-order valence-corrected chi connectivity index (χ3v) is 8.20. The summed E-state index contributed by atoms with van der Waals surface area (Å²) in [4.78, 5) is 17.8. The van der Waals surface area contributed by atoms with Gasteiger partial charge in [0.15, 0.2) is 23.0 Å². The van der Waals surface area contributed by atoms with Crippen LogP contribution in [0.1, 0.15) is 45.5 Å². The standard InChI is InChI=1S/C28H34N2O8/c1-12-22(32)14-9-16-21-20-15(23(34-4)13(2)25(36-6)27(20)38-8)10-17(29(21)3)28(33)30(16)18(11-31)19(14)26(37-7)24(12)35-5/h9,17-18,21,31-32H,10-11H2,1-8H3/t17-,18-,21?/m0/s1. The van der Waals surface area contributed by atoms with Crippen molar-refractivity contribution in [3.05, 3.63) is 39.1 Å². The Morgan fingerprint density at radius 1 is 0.868 bits per heavy atom. The minimum Gasteiger partial charge on any atom is -0.507 e. The zero-order valence-electron chi connectivity index (χ0n) is 23.0. The predicted octanol–water partition coefficient (Wildman–Crippen LogP) is 2.88. The van der Waals surface area contributed by atoms with E-state index in [9.17, 15) is 15.0 Å². The van der Waals surface area contributed by atoms with Crippen LogP contribution in [0.2, 0.25) is 0 Å². The number of amides is 1. The summed E-state index contributed by atoms with van der Waals surface area (Å²) in [5.74, 6) is 2.34. The number of hydrogen-bond acceptors (Lipinski definition) is 9. The minimum absolute atomic E-state index is 0.00235. The average Bonchev–Trinajstić information content (AvgIpc) is 2.91. The second-order valence-electron chi connectivity index (χ2n) is 9.75. The molecule has 2 N–H and O–H groups in total. The van der Waals surface area contributed by atoms with Crippen LogP contribution in [0.3, 0.4) is 0 Å². The van der Waals surface area contributed by atoms with Gasteiger partial charge in [0.25, 0.3) is 0 Å². The molecule has 3 heterocycles. The first-order valence-electron chi connectivity index (χ1n) is 12.4. The summed E-state index contributed by atoms with van der Waals surface area (Å²) in [5, 5.41) is 22.0. The number of nitrogens with zero attached hydrogens (tertiary/aromatic N) is 2. The quantitative estimate of drug-likeness (QED) is 0.587. The Labute approximate surface area is 221 Å².